The van der Waals surface area contributed by atoms with Crippen LogP contribution in [-0.4, -0.2) is 40.3 Å². The van der Waals surface area contributed by atoms with Gasteiger partial charge in [0.25, 0.3) is 11.5 Å². The molecule has 0 aliphatic carbocycles. The summed E-state index contributed by atoms with van der Waals surface area (Å²) in [5.74, 6) is -0.344. The zero-order valence-electron chi connectivity index (χ0n) is 19.7. The van der Waals surface area contributed by atoms with E-state index in [2.05, 4.69) is 9.55 Å². The van der Waals surface area contributed by atoms with Crippen LogP contribution in [0.3, 0.4) is 0 Å². The molecule has 0 spiro atoms. The van der Waals surface area contributed by atoms with E-state index in [1.54, 1.807) is 12.1 Å². The first kappa shape index (κ1) is 24.1. The highest BCUT2D eigenvalue weighted by atomic mass is 16.5. The van der Waals surface area contributed by atoms with Gasteiger partial charge in [0, 0.05) is 42.8 Å². The summed E-state index contributed by atoms with van der Waals surface area (Å²) in [5, 5.41) is 0. The molecule has 1 aromatic carbocycles. The number of rotatable bonds is 8. The van der Waals surface area contributed by atoms with Crippen molar-refractivity contribution in [3.05, 3.63) is 74.2 Å². The van der Waals surface area contributed by atoms with Crippen molar-refractivity contribution in [3.63, 3.8) is 0 Å². The van der Waals surface area contributed by atoms with E-state index in [-0.39, 0.29) is 30.6 Å². The van der Waals surface area contributed by atoms with Crippen molar-refractivity contribution in [2.24, 2.45) is 5.92 Å². The first-order chi connectivity index (χ1) is 15.6. The number of nitrogens with two attached hydrogens (primary N) is 1. The number of carbonyl (C=O) groups is 1. The van der Waals surface area contributed by atoms with Crippen molar-refractivity contribution < 1.29 is 9.53 Å². The molecule has 0 bridgehead atoms. The molecule has 33 heavy (non-hydrogen) atoms. The van der Waals surface area contributed by atoms with Gasteiger partial charge in [-0.1, -0.05) is 13.8 Å². The number of methoxy groups -OCH3 is 1. The van der Waals surface area contributed by atoms with E-state index >= 15 is 0 Å². The lowest BCUT2D eigenvalue weighted by Gasteiger charge is -2.25. The van der Waals surface area contributed by atoms with E-state index in [1.807, 2.05) is 52.0 Å². The molecule has 3 rings (SSSR count). The maximum Gasteiger partial charge on any atom is 0.330 e. The average molecular weight is 454 g/mol. The molecule has 0 radical (unpaired) electrons. The second-order valence-corrected chi connectivity index (χ2v) is 8.45. The number of aromatic amines is 1. The topological polar surface area (TPSA) is 115 Å². The molecule has 0 aliphatic heterocycles. The Morgan fingerprint density at radius 2 is 1.70 bits per heavy atom. The van der Waals surface area contributed by atoms with Crippen molar-refractivity contribution in [2.75, 3.05) is 30.9 Å². The van der Waals surface area contributed by atoms with Crippen LogP contribution in [0, 0.1) is 19.8 Å². The second kappa shape index (κ2) is 9.91. The maximum atomic E-state index is 13.5. The lowest BCUT2D eigenvalue weighted by atomic mass is 10.1. The molecule has 0 fully saturated rings. The summed E-state index contributed by atoms with van der Waals surface area (Å²) in [6.45, 7) is 8.48. The van der Waals surface area contributed by atoms with E-state index in [9.17, 15) is 14.4 Å². The molecule has 0 saturated carbocycles. The SMILES string of the molecule is COCCN(C(=O)c1ccc(-n2c(C)ccc2C)cc1)c1c(N)n(CC(C)C)c(=O)[nH]c1=O. The number of nitrogens with zero attached hydrogens (tertiary/aromatic N) is 3. The Labute approximate surface area is 192 Å². The van der Waals surface area contributed by atoms with Gasteiger partial charge in [0.1, 0.15) is 5.82 Å². The number of aryl methyl sites for hydroxylation is 2. The molecule has 0 aliphatic rings. The predicted octanol–water partition coefficient (Wildman–Crippen LogP) is 2.48. The summed E-state index contributed by atoms with van der Waals surface area (Å²) in [5.41, 5.74) is 8.36. The normalized spacial score (nSPS) is 11.2. The van der Waals surface area contributed by atoms with Gasteiger partial charge in [0.05, 0.1) is 6.61 Å². The highest BCUT2D eigenvalue weighted by molar-refractivity contribution is 6.07. The Hall–Kier alpha value is -3.59. The number of H-pyrrole nitrogens is 1. The quantitative estimate of drug-likeness (QED) is 0.544. The van der Waals surface area contributed by atoms with Gasteiger partial charge >= 0.3 is 5.69 Å². The van der Waals surface area contributed by atoms with E-state index in [4.69, 9.17) is 10.5 Å². The Kier molecular flexibility index (Phi) is 7.23. The van der Waals surface area contributed by atoms with Crippen molar-refractivity contribution in [1.29, 1.82) is 0 Å². The van der Waals surface area contributed by atoms with E-state index in [0.717, 1.165) is 17.1 Å². The molecule has 2 aromatic heterocycles. The van der Waals surface area contributed by atoms with Crippen molar-refractivity contribution >= 4 is 17.4 Å². The lowest BCUT2D eigenvalue weighted by Crippen LogP contribution is -2.42. The Bertz CT molecular complexity index is 1230. The minimum atomic E-state index is -0.711. The number of hydrogen-bond acceptors (Lipinski definition) is 5. The number of hydrogen-bond donors (Lipinski definition) is 2. The zero-order chi connectivity index (χ0) is 24.3. The van der Waals surface area contributed by atoms with Crippen LogP contribution in [0.1, 0.15) is 35.6 Å². The number of anilines is 2. The molecule has 3 aromatic rings. The molecule has 176 valence electrons. The fourth-order valence-corrected chi connectivity index (χ4v) is 3.87. The van der Waals surface area contributed by atoms with Gasteiger partial charge in [-0.05, 0) is 56.2 Å². The molecule has 0 unspecified atom stereocenters. The minimum Gasteiger partial charge on any atom is -0.383 e. The summed E-state index contributed by atoms with van der Waals surface area (Å²) in [7, 11) is 1.51. The van der Waals surface area contributed by atoms with Gasteiger partial charge in [-0.2, -0.15) is 0 Å². The molecule has 2 heterocycles. The zero-order valence-corrected chi connectivity index (χ0v) is 19.7. The van der Waals surface area contributed by atoms with Crippen molar-refractivity contribution in [1.82, 2.24) is 14.1 Å². The van der Waals surface area contributed by atoms with E-state index in [1.165, 1.54) is 16.6 Å². The summed E-state index contributed by atoms with van der Waals surface area (Å²) in [4.78, 5) is 42.1. The van der Waals surface area contributed by atoms with Crippen LogP contribution in [-0.2, 0) is 11.3 Å². The number of carbonyl (C=O) groups excluding carboxylic acids is 1. The molecule has 0 saturated heterocycles. The first-order valence-corrected chi connectivity index (χ1v) is 10.8. The highest BCUT2D eigenvalue weighted by Crippen LogP contribution is 2.22. The molecule has 1 amide bonds. The fourth-order valence-electron chi connectivity index (χ4n) is 3.87. The first-order valence-electron chi connectivity index (χ1n) is 10.8. The minimum absolute atomic E-state index is 0.0443. The van der Waals surface area contributed by atoms with Crippen LogP contribution >= 0.6 is 0 Å². The van der Waals surface area contributed by atoms with Crippen LogP contribution in [0.5, 0.6) is 0 Å². The van der Waals surface area contributed by atoms with E-state index < -0.39 is 17.2 Å². The maximum absolute atomic E-state index is 13.5. The third kappa shape index (κ3) is 4.93. The van der Waals surface area contributed by atoms with Crippen LogP contribution < -0.4 is 21.9 Å². The number of ether oxygens (including phenoxy) is 1. The third-order valence-electron chi connectivity index (χ3n) is 5.44. The molecule has 0 atom stereocenters. The van der Waals surface area contributed by atoms with Gasteiger partial charge < -0.3 is 15.0 Å². The monoisotopic (exact) mass is 453 g/mol. The predicted molar refractivity (Wildman–Crippen MR) is 129 cm³/mol. The molecular formula is C24H31N5O4. The Morgan fingerprint density at radius 1 is 1.09 bits per heavy atom. The van der Waals surface area contributed by atoms with Gasteiger partial charge in [0.15, 0.2) is 5.69 Å². The summed E-state index contributed by atoms with van der Waals surface area (Å²) in [6, 6.07) is 11.2. The average Bonchev–Trinajstić information content (AvgIpc) is 3.10. The Balaban J connectivity index is 2.04. The molecule has 9 heteroatoms. The third-order valence-corrected chi connectivity index (χ3v) is 5.44. The highest BCUT2D eigenvalue weighted by Gasteiger charge is 2.25. The van der Waals surface area contributed by atoms with Crippen molar-refractivity contribution in [3.8, 4) is 5.69 Å². The summed E-state index contributed by atoms with van der Waals surface area (Å²) >= 11 is 0. The van der Waals surface area contributed by atoms with Gasteiger partial charge in [-0.15, -0.1) is 0 Å². The van der Waals surface area contributed by atoms with Crippen LogP contribution in [0.2, 0.25) is 0 Å². The van der Waals surface area contributed by atoms with Crippen LogP contribution in [0.25, 0.3) is 5.69 Å². The lowest BCUT2D eigenvalue weighted by molar-refractivity contribution is 0.0975. The largest absolute Gasteiger partial charge is 0.383 e. The number of aromatic nitrogens is 3. The van der Waals surface area contributed by atoms with Gasteiger partial charge in [-0.25, -0.2) is 4.79 Å². The van der Waals surface area contributed by atoms with Crippen LogP contribution in [0.4, 0.5) is 11.5 Å². The Morgan fingerprint density at radius 3 is 2.24 bits per heavy atom. The van der Waals surface area contributed by atoms with E-state index in [0.29, 0.717) is 12.1 Å². The van der Waals surface area contributed by atoms with Gasteiger partial charge in [0.2, 0.25) is 0 Å². The number of benzene rings is 1. The fraction of sp³-hybridized carbons (Fsp3) is 0.375. The summed E-state index contributed by atoms with van der Waals surface area (Å²) in [6.07, 6.45) is 0. The smallest absolute Gasteiger partial charge is 0.330 e. The molecule has 9 nitrogen and oxygen atoms in total. The number of nitrogen functional groups attached to an aromatic ring is 1. The standard InChI is InChI=1S/C24H31N5O4/c1-15(2)14-28-21(25)20(22(30)26-24(28)32)27(12-13-33-5)23(31)18-8-10-19(11-9-18)29-16(3)6-7-17(29)4/h6-11,15H,12-14,25H2,1-5H3,(H,26,30,32). The molecule has 3 N–H and O–H groups in total. The second-order valence-electron chi connectivity index (χ2n) is 8.45. The summed E-state index contributed by atoms with van der Waals surface area (Å²) < 4.78 is 8.53. The van der Waals surface area contributed by atoms with Crippen LogP contribution in [0.15, 0.2) is 46.0 Å². The van der Waals surface area contributed by atoms with Gasteiger partial charge in [-0.3, -0.25) is 24.0 Å². The van der Waals surface area contributed by atoms with Crippen molar-refractivity contribution in [2.45, 2.75) is 34.2 Å². The number of nitrogens with one attached hydrogen (secondary N) is 1. The number of amides is 1. The molecular weight excluding hydrogens is 422 g/mol.